The lowest BCUT2D eigenvalue weighted by atomic mass is 9.91. The molecule has 2 saturated heterocycles. The second-order valence-electron chi connectivity index (χ2n) is 29.7. The molecule has 0 aromatic carbocycles. The zero-order chi connectivity index (χ0) is 75.3. The minimum Gasteiger partial charge on any atom is -0.390 e. The lowest BCUT2D eigenvalue weighted by molar-refractivity contribution is -0.157. The summed E-state index contributed by atoms with van der Waals surface area (Å²) in [5.41, 5.74) is 0. The van der Waals surface area contributed by atoms with Crippen LogP contribution in [0.25, 0.3) is 0 Å². The molecular formula is C70H126N12O15S. The number of likely N-dealkylation sites (N-methyl/N-ethyl adjacent to an activating group) is 7. The van der Waals surface area contributed by atoms with Crippen LogP contribution in [0.2, 0.25) is 0 Å². The third-order valence-corrected chi connectivity index (χ3v) is 20.6. The van der Waals surface area contributed by atoms with E-state index in [0.717, 1.165) is 14.7 Å². The number of rotatable bonds is 21. The van der Waals surface area contributed by atoms with Crippen molar-refractivity contribution in [3.63, 3.8) is 0 Å². The Balaban J connectivity index is 3.15. The number of aliphatic hydroxyl groups excluding tert-OH is 1. The van der Waals surface area contributed by atoms with Gasteiger partial charge in [-0.05, 0) is 114 Å². The normalized spacial score (nSPS) is 27.0. The first-order valence-electron chi connectivity index (χ1n) is 35.3. The van der Waals surface area contributed by atoms with Crippen LogP contribution in [0.3, 0.4) is 0 Å². The summed E-state index contributed by atoms with van der Waals surface area (Å²) in [6.45, 7) is 31.9. The largest absolute Gasteiger partial charge is 0.390 e. The predicted molar refractivity (Wildman–Crippen MR) is 378 cm³/mol. The standard InChI is InChI=1S/C70H126N12O15S/c1-25-27-29-47(15)59(83)58-63(87)73-50(26-2)65(89)79(22)55(40-98(95,96)35-28-30-82-31-33-97-34-32-82)68(92)75(18)52(37-42(5)6)62(86)74-56(45(11)12)69(93)76(19)51(36-41(3)4)61(85)71-48(16)60(84)72-49(17)64(88)77(20)53(38-43(7)8)66(90)78(21)54(39-44(9)10)67(91)80(23)57(46(13)14)70(94)81(58)24/h25,27,41-59,83H,26,28-40H2,1-24H3,(H,71,85)(H,72,84)(H,73,87)(H,74,86)/b27-25+/t47-,48-,49+,50-,51-,52+,53-,54-,55-,56-,57-,58-,59-/m1/s1. The SMILES string of the molecule is C/C=C/C[C@@H](C)[C@@H](O)[C@@H]1C(=O)N[C@H](CC)C(=O)N(C)[C@H](CS(=O)(=O)CCCN2CCOCC2)C(=O)N(C)[C@@H](CC(C)C)C(=O)N[C@H](C(C)C)C(=O)N(C)[C@H](CC(C)C)C(=O)N[C@H](C)C(=O)N[C@@H](C)C(=O)N(C)[C@H](CC(C)C)C(=O)N(C)[C@H](CC(C)C)C(=O)N(C)[C@H](C(C)C)C(=O)N1C. The summed E-state index contributed by atoms with van der Waals surface area (Å²) in [6.07, 6.45) is 2.52. The summed E-state index contributed by atoms with van der Waals surface area (Å²) in [4.78, 5) is 175. The zero-order valence-corrected chi connectivity index (χ0v) is 64.5. The van der Waals surface area contributed by atoms with Gasteiger partial charge >= 0.3 is 0 Å². The Hall–Kier alpha value is -6.26. The second kappa shape index (κ2) is 40.3. The molecule has 28 heteroatoms. The van der Waals surface area contributed by atoms with Gasteiger partial charge in [-0.1, -0.05) is 109 Å². The number of ether oxygens (including phenoxy) is 1. The molecule has 98 heavy (non-hydrogen) atoms. The van der Waals surface area contributed by atoms with Gasteiger partial charge in [-0.3, -0.25) is 57.6 Å². The smallest absolute Gasteiger partial charge is 0.246 e. The molecule has 11 amide bonds. The van der Waals surface area contributed by atoms with Gasteiger partial charge in [0.05, 0.1) is 30.8 Å². The Morgan fingerprint density at radius 2 is 0.908 bits per heavy atom. The second-order valence-corrected chi connectivity index (χ2v) is 32.0. The number of allylic oxidation sites excluding steroid dienone is 2. The number of nitrogens with zero attached hydrogens (tertiary/aromatic N) is 8. The van der Waals surface area contributed by atoms with Crippen LogP contribution in [0.4, 0.5) is 0 Å². The van der Waals surface area contributed by atoms with Gasteiger partial charge in [-0.25, -0.2) is 8.42 Å². The number of amides is 11. The molecule has 0 aromatic rings. The molecule has 562 valence electrons. The van der Waals surface area contributed by atoms with E-state index in [2.05, 4.69) is 26.2 Å². The van der Waals surface area contributed by atoms with Gasteiger partial charge in [-0.2, -0.15) is 0 Å². The highest BCUT2D eigenvalue weighted by atomic mass is 32.2. The Morgan fingerprint density at radius 3 is 1.38 bits per heavy atom. The molecule has 13 atom stereocenters. The number of nitrogens with one attached hydrogen (secondary N) is 4. The fraction of sp³-hybridized carbons (Fsp3) is 0.814. The van der Waals surface area contributed by atoms with E-state index in [-0.39, 0.29) is 74.4 Å². The van der Waals surface area contributed by atoms with Crippen molar-refractivity contribution in [1.29, 1.82) is 0 Å². The predicted octanol–water partition coefficient (Wildman–Crippen LogP) is 2.77. The molecule has 0 radical (unpaired) electrons. The number of carbonyl (C=O) groups excluding carboxylic acids is 11. The van der Waals surface area contributed by atoms with Crippen molar-refractivity contribution < 1.29 is 71.0 Å². The van der Waals surface area contributed by atoms with Crippen LogP contribution in [0.1, 0.15) is 163 Å². The van der Waals surface area contributed by atoms with Gasteiger partial charge in [-0.15, -0.1) is 0 Å². The molecule has 2 aliphatic heterocycles. The first kappa shape index (κ1) is 87.8. The van der Waals surface area contributed by atoms with Crippen LogP contribution >= 0.6 is 0 Å². The summed E-state index contributed by atoms with van der Waals surface area (Å²) in [6, 6.07) is -15.2. The topological polar surface area (TPSA) is 325 Å². The molecule has 0 unspecified atom stereocenters. The fourth-order valence-corrected chi connectivity index (χ4v) is 14.2. The summed E-state index contributed by atoms with van der Waals surface area (Å²) >= 11 is 0. The highest BCUT2D eigenvalue weighted by Crippen LogP contribution is 2.26. The monoisotopic (exact) mass is 1410 g/mol. The molecule has 2 rings (SSSR count). The maximum atomic E-state index is 15.5. The number of morpholine rings is 1. The maximum Gasteiger partial charge on any atom is 0.246 e. The van der Waals surface area contributed by atoms with Crippen LogP contribution in [0.5, 0.6) is 0 Å². The van der Waals surface area contributed by atoms with Crippen molar-refractivity contribution in [2.45, 2.75) is 235 Å². The number of hydrogen-bond donors (Lipinski definition) is 5. The molecule has 2 fully saturated rings. The van der Waals surface area contributed by atoms with E-state index in [1.165, 1.54) is 82.8 Å². The van der Waals surface area contributed by atoms with Crippen molar-refractivity contribution >= 4 is 74.8 Å². The quantitative estimate of drug-likeness (QED) is 0.103. The van der Waals surface area contributed by atoms with Crippen LogP contribution in [-0.4, -0.2) is 284 Å². The number of aliphatic hydroxyl groups is 1. The molecule has 0 aliphatic carbocycles. The maximum absolute atomic E-state index is 15.5. The third kappa shape index (κ3) is 25.1. The van der Waals surface area contributed by atoms with E-state index < -0.39 is 171 Å². The Morgan fingerprint density at radius 1 is 0.490 bits per heavy atom. The van der Waals surface area contributed by atoms with Gasteiger partial charge < -0.3 is 65.4 Å². The molecule has 0 saturated carbocycles. The van der Waals surface area contributed by atoms with E-state index in [1.54, 1.807) is 74.5 Å². The van der Waals surface area contributed by atoms with E-state index in [0.29, 0.717) is 32.8 Å². The molecule has 0 spiro atoms. The minimum absolute atomic E-state index is 0.0116. The van der Waals surface area contributed by atoms with Gasteiger partial charge in [0, 0.05) is 62.4 Å². The Labute approximate surface area is 586 Å². The summed E-state index contributed by atoms with van der Waals surface area (Å²) in [7, 11) is 5.30. The highest BCUT2D eigenvalue weighted by Gasteiger charge is 2.47. The molecular weight excluding hydrogens is 1280 g/mol. The molecule has 0 bridgehead atoms. The van der Waals surface area contributed by atoms with Crippen LogP contribution in [0.15, 0.2) is 12.2 Å². The van der Waals surface area contributed by atoms with E-state index >= 15 is 33.6 Å². The summed E-state index contributed by atoms with van der Waals surface area (Å²) in [5.74, 6) is -12.7. The lowest BCUT2D eigenvalue weighted by Crippen LogP contribution is -2.64. The molecule has 27 nitrogen and oxygen atoms in total. The van der Waals surface area contributed by atoms with Crippen LogP contribution < -0.4 is 21.3 Å². The number of carbonyl (C=O) groups is 11. The van der Waals surface area contributed by atoms with E-state index in [9.17, 15) is 32.7 Å². The average molecular weight is 1410 g/mol. The van der Waals surface area contributed by atoms with Crippen LogP contribution in [0, 0.1) is 41.4 Å². The highest BCUT2D eigenvalue weighted by molar-refractivity contribution is 7.91. The number of hydrogen-bond acceptors (Lipinski definition) is 16. The average Bonchev–Trinajstić information content (AvgIpc) is 0.807. The Kier molecular flexibility index (Phi) is 36.1. The minimum atomic E-state index is -4.22. The molecule has 2 heterocycles. The fourth-order valence-electron chi connectivity index (χ4n) is 12.6. The van der Waals surface area contributed by atoms with Gasteiger partial charge in [0.1, 0.15) is 66.5 Å². The van der Waals surface area contributed by atoms with Crippen molar-refractivity contribution in [2.24, 2.45) is 41.4 Å². The summed E-state index contributed by atoms with van der Waals surface area (Å²) in [5, 5.41) is 23.3. The van der Waals surface area contributed by atoms with Crippen molar-refractivity contribution in [1.82, 2.24) is 60.5 Å². The summed E-state index contributed by atoms with van der Waals surface area (Å²) < 4.78 is 34.4. The van der Waals surface area contributed by atoms with Gasteiger partial charge in [0.2, 0.25) is 65.0 Å². The first-order chi connectivity index (χ1) is 45.4. The lowest BCUT2D eigenvalue weighted by Gasteiger charge is -2.41. The number of sulfone groups is 1. The van der Waals surface area contributed by atoms with Crippen molar-refractivity contribution in [2.75, 3.05) is 93.7 Å². The van der Waals surface area contributed by atoms with Gasteiger partial charge in [0.15, 0.2) is 9.84 Å². The van der Waals surface area contributed by atoms with Crippen molar-refractivity contribution in [3.05, 3.63) is 12.2 Å². The first-order valence-corrected chi connectivity index (χ1v) is 37.1. The molecule has 2 aliphatic rings. The Bertz CT molecular complexity index is 2830. The molecule has 0 aromatic heterocycles. The van der Waals surface area contributed by atoms with E-state index in [4.69, 9.17) is 4.74 Å². The third-order valence-electron chi connectivity index (χ3n) is 18.8. The van der Waals surface area contributed by atoms with Crippen LogP contribution in [-0.2, 0) is 67.3 Å². The van der Waals surface area contributed by atoms with E-state index in [1.807, 2.05) is 41.5 Å². The molecule has 5 N–H and O–H groups in total. The van der Waals surface area contributed by atoms with Gasteiger partial charge in [0.25, 0.3) is 0 Å². The zero-order valence-electron chi connectivity index (χ0n) is 63.7. The van der Waals surface area contributed by atoms with Crippen molar-refractivity contribution in [3.8, 4) is 0 Å².